The van der Waals surface area contributed by atoms with Crippen molar-refractivity contribution in [1.82, 2.24) is 24.3 Å². The Hall–Kier alpha value is -4.43. The van der Waals surface area contributed by atoms with Crippen molar-refractivity contribution in [3.8, 4) is 0 Å². The van der Waals surface area contributed by atoms with Gasteiger partial charge in [0.25, 0.3) is 0 Å². The second kappa shape index (κ2) is 16.1. The zero-order valence-corrected chi connectivity index (χ0v) is 31.1. The van der Waals surface area contributed by atoms with Gasteiger partial charge in [0.1, 0.15) is 12.6 Å². The van der Waals surface area contributed by atoms with Gasteiger partial charge < -0.3 is 25.4 Å². The molecule has 0 saturated carbocycles. The Labute approximate surface area is 316 Å². The normalized spacial score (nSPS) is 17.3. The molecule has 0 radical (unpaired) electrons. The highest BCUT2D eigenvalue weighted by Gasteiger charge is 2.37. The zero-order valence-electron chi connectivity index (χ0n) is 30.3. The van der Waals surface area contributed by atoms with E-state index in [1.54, 1.807) is 37.1 Å². The molecular weight excluding hydrogens is 729 g/mol. The van der Waals surface area contributed by atoms with E-state index in [-0.39, 0.29) is 54.5 Å². The lowest BCUT2D eigenvalue weighted by Crippen LogP contribution is -2.50. The molecule has 3 aromatic carbocycles. The number of nitrogens with one attached hydrogen (secondary N) is 1. The Morgan fingerprint density at radius 1 is 1.07 bits per heavy atom. The van der Waals surface area contributed by atoms with E-state index in [1.165, 1.54) is 11.0 Å². The van der Waals surface area contributed by atoms with Crippen LogP contribution in [0.1, 0.15) is 54.6 Å². The first-order chi connectivity index (χ1) is 25.7. The van der Waals surface area contributed by atoms with Crippen molar-refractivity contribution in [2.45, 2.75) is 63.7 Å². The molecule has 1 saturated heterocycles. The molecule has 9 nitrogen and oxygen atoms in total. The molecule has 2 aliphatic rings. The van der Waals surface area contributed by atoms with Gasteiger partial charge in [-0.2, -0.15) is 13.2 Å². The number of piperidine rings is 1. The predicted molar refractivity (Wildman–Crippen MR) is 200 cm³/mol. The lowest BCUT2D eigenvalue weighted by atomic mass is 9.89. The van der Waals surface area contributed by atoms with Gasteiger partial charge in [-0.05, 0) is 74.2 Å². The molecule has 3 N–H and O–H groups in total. The number of anilines is 2. The Bertz CT molecular complexity index is 1980. The smallest absolute Gasteiger partial charge is 0.397 e. The maximum atomic E-state index is 14.8. The molecule has 54 heavy (non-hydrogen) atoms. The van der Waals surface area contributed by atoms with E-state index in [0.29, 0.717) is 55.8 Å². The predicted octanol–water partition coefficient (Wildman–Crippen LogP) is 7.92. The number of benzene rings is 3. The second-order valence-corrected chi connectivity index (χ2v) is 15.3. The number of hydrogen-bond acceptors (Lipinski definition) is 5. The standard InChI is InChI=1S/C39H45ClF5N7O2/c1-38(21-41,22-49(2)24-42)23-52-33-10-6-5-9-32(33)47-36(52)27(17-25-18-29(39(43,44)45)35(46)30(40)19-25)20-34(53)50-14-12-28(13-15-50)51-16-11-26-7-3-4-8-31(26)48-37(51)54/h3-10,18-19,27-28H,11-17,20-24,46H2,1-2H3,(H,48,54). The molecule has 0 spiro atoms. The van der Waals surface area contributed by atoms with E-state index in [0.717, 1.165) is 17.3 Å². The molecule has 2 aliphatic heterocycles. The molecule has 2 unspecified atom stereocenters. The molecule has 1 fully saturated rings. The number of carbonyl (C=O) groups excluding carboxylic acids is 2. The molecule has 3 heterocycles. The van der Waals surface area contributed by atoms with Crippen LogP contribution in [0.25, 0.3) is 11.0 Å². The molecule has 0 aliphatic carbocycles. The van der Waals surface area contributed by atoms with E-state index < -0.39 is 42.2 Å². The van der Waals surface area contributed by atoms with Gasteiger partial charge in [-0.3, -0.25) is 14.1 Å². The monoisotopic (exact) mass is 773 g/mol. The average molecular weight is 774 g/mol. The number of halogens is 6. The fourth-order valence-electron chi connectivity index (χ4n) is 7.85. The van der Waals surface area contributed by atoms with Crippen molar-refractivity contribution < 1.29 is 31.5 Å². The summed E-state index contributed by atoms with van der Waals surface area (Å²) in [5.74, 6) is -0.599. The molecule has 4 aromatic rings. The van der Waals surface area contributed by atoms with Crippen LogP contribution < -0.4 is 11.1 Å². The van der Waals surface area contributed by atoms with Crippen molar-refractivity contribution in [3.63, 3.8) is 0 Å². The summed E-state index contributed by atoms with van der Waals surface area (Å²) < 4.78 is 72.3. The number of fused-ring (bicyclic) bond motifs is 2. The summed E-state index contributed by atoms with van der Waals surface area (Å²) >= 11 is 6.24. The van der Waals surface area contributed by atoms with Crippen LogP contribution >= 0.6 is 11.6 Å². The molecule has 2 atom stereocenters. The number of likely N-dealkylation sites (tertiary alicyclic amines) is 1. The van der Waals surface area contributed by atoms with Gasteiger partial charge in [-0.15, -0.1) is 0 Å². The first-order valence-corrected chi connectivity index (χ1v) is 18.4. The summed E-state index contributed by atoms with van der Waals surface area (Å²) in [6.07, 6.45) is -3.14. The third-order valence-electron chi connectivity index (χ3n) is 10.6. The molecule has 290 valence electrons. The van der Waals surface area contributed by atoms with Crippen LogP contribution in [-0.2, 0) is 30.4 Å². The maximum Gasteiger partial charge on any atom is 0.418 e. The molecular formula is C39H45ClF5N7O2. The van der Waals surface area contributed by atoms with Gasteiger partial charge >= 0.3 is 12.2 Å². The minimum atomic E-state index is -4.77. The topological polar surface area (TPSA) is 99.7 Å². The molecule has 1 aromatic heterocycles. The fraction of sp³-hybridized carbons (Fsp3) is 0.462. The highest BCUT2D eigenvalue weighted by atomic mass is 35.5. The first kappa shape index (κ1) is 39.3. The number of rotatable bonds is 12. The summed E-state index contributed by atoms with van der Waals surface area (Å²) in [7, 11) is 1.55. The Morgan fingerprint density at radius 2 is 1.78 bits per heavy atom. The Balaban J connectivity index is 1.29. The van der Waals surface area contributed by atoms with E-state index in [4.69, 9.17) is 22.3 Å². The first-order valence-electron chi connectivity index (χ1n) is 18.0. The zero-order chi connectivity index (χ0) is 38.8. The summed E-state index contributed by atoms with van der Waals surface area (Å²) in [5.41, 5.74) is 6.29. The number of nitrogens with zero attached hydrogens (tertiary/aromatic N) is 5. The second-order valence-electron chi connectivity index (χ2n) is 14.9. The number of hydrogen-bond donors (Lipinski definition) is 2. The van der Waals surface area contributed by atoms with E-state index >= 15 is 0 Å². The van der Waals surface area contributed by atoms with Gasteiger partial charge in [-0.1, -0.05) is 48.9 Å². The van der Waals surface area contributed by atoms with Crippen LogP contribution in [0.3, 0.4) is 0 Å². The average Bonchev–Trinajstić information content (AvgIpc) is 3.40. The molecule has 3 amide bonds. The highest BCUT2D eigenvalue weighted by Crippen LogP contribution is 2.40. The van der Waals surface area contributed by atoms with Crippen molar-refractivity contribution in [1.29, 1.82) is 0 Å². The van der Waals surface area contributed by atoms with E-state index in [9.17, 15) is 31.5 Å². The van der Waals surface area contributed by atoms with E-state index in [1.807, 2.05) is 39.8 Å². The van der Waals surface area contributed by atoms with Gasteiger partial charge in [0.15, 0.2) is 0 Å². The minimum absolute atomic E-state index is 0.0557. The number of imidazole rings is 1. The van der Waals surface area contributed by atoms with Crippen LogP contribution in [0.4, 0.5) is 38.1 Å². The van der Waals surface area contributed by atoms with Crippen molar-refractivity contribution >= 4 is 45.9 Å². The summed E-state index contributed by atoms with van der Waals surface area (Å²) in [6, 6.07) is 16.9. The number of nitrogens with two attached hydrogens (primary N) is 1. The van der Waals surface area contributed by atoms with Crippen LogP contribution in [0.5, 0.6) is 0 Å². The number of urea groups is 1. The number of para-hydroxylation sites is 3. The third kappa shape index (κ3) is 8.59. The van der Waals surface area contributed by atoms with E-state index in [2.05, 4.69) is 5.32 Å². The van der Waals surface area contributed by atoms with Crippen molar-refractivity contribution in [2.24, 2.45) is 5.41 Å². The Kier molecular flexibility index (Phi) is 11.7. The molecule has 6 rings (SSSR count). The highest BCUT2D eigenvalue weighted by molar-refractivity contribution is 6.33. The molecule has 0 bridgehead atoms. The maximum absolute atomic E-state index is 14.8. The Morgan fingerprint density at radius 3 is 2.48 bits per heavy atom. The number of alkyl halides is 5. The summed E-state index contributed by atoms with van der Waals surface area (Å²) in [4.78, 5) is 37.2. The van der Waals surface area contributed by atoms with Crippen LogP contribution in [0.2, 0.25) is 5.02 Å². The minimum Gasteiger partial charge on any atom is -0.397 e. The number of aromatic nitrogens is 2. The van der Waals surface area contributed by atoms with Crippen molar-refractivity contribution in [2.75, 3.05) is 57.8 Å². The van der Waals surface area contributed by atoms with Gasteiger partial charge in [0, 0.05) is 62.2 Å². The quantitative estimate of drug-likeness (QED) is 0.0866. The molecule has 15 heteroatoms. The fourth-order valence-corrected chi connectivity index (χ4v) is 8.09. The summed E-state index contributed by atoms with van der Waals surface area (Å²) in [5, 5.41) is 2.74. The SMILES string of the molecule is CN(CF)CC(C)(CF)Cn1c(C(CC(=O)N2CCC(N3CCc4ccccc4NC3=O)CC2)Cc2cc(Cl)c(N)c(C(F)(F)F)c2)nc2ccccc21. The number of carbonyl (C=O) groups is 2. The van der Waals surface area contributed by atoms with Gasteiger partial charge in [0.05, 0.1) is 34.0 Å². The van der Waals surface area contributed by atoms with Crippen LogP contribution in [-0.4, -0.2) is 88.9 Å². The summed E-state index contributed by atoms with van der Waals surface area (Å²) in [6.45, 7) is 1.58. The van der Waals surface area contributed by atoms with Crippen LogP contribution in [0, 0.1) is 5.41 Å². The lowest BCUT2D eigenvalue weighted by molar-refractivity contribution is -0.137. The van der Waals surface area contributed by atoms with Crippen molar-refractivity contribution in [3.05, 3.63) is 88.2 Å². The largest absolute Gasteiger partial charge is 0.418 e. The van der Waals surface area contributed by atoms with Gasteiger partial charge in [-0.25, -0.2) is 14.2 Å². The third-order valence-corrected chi connectivity index (χ3v) is 10.9. The lowest BCUT2D eigenvalue weighted by Gasteiger charge is -2.38. The number of nitrogen functional groups attached to an aromatic ring is 1. The number of amides is 3. The van der Waals surface area contributed by atoms with Gasteiger partial charge in [0.2, 0.25) is 5.91 Å². The van der Waals surface area contributed by atoms with Crippen LogP contribution in [0.15, 0.2) is 60.7 Å².